The number of aliphatic hydroxyl groups is 2. The Morgan fingerprint density at radius 3 is 2.53 bits per heavy atom. The van der Waals surface area contributed by atoms with Crippen molar-refractivity contribution in [3.05, 3.63) is 15.9 Å². The molecule has 1 aromatic rings. The fourth-order valence-corrected chi connectivity index (χ4v) is 3.37. The van der Waals surface area contributed by atoms with Crippen LogP contribution in [0.25, 0.3) is 0 Å². The van der Waals surface area contributed by atoms with Gasteiger partial charge in [-0.25, -0.2) is 0 Å². The summed E-state index contributed by atoms with van der Waals surface area (Å²) in [7, 11) is 1.87. The standard InChI is InChI=1S/C14H23BrN2O2/c1-9-4-6-14(19,7-5-9)12(18)8-11-13(15)10(2)16-17(11)3/h9,12,18-19H,4-8H2,1-3H3. The molecule has 4 nitrogen and oxygen atoms in total. The van der Waals surface area contributed by atoms with Gasteiger partial charge in [-0.1, -0.05) is 6.92 Å². The smallest absolute Gasteiger partial charge is 0.0909 e. The zero-order valence-electron chi connectivity index (χ0n) is 11.9. The highest BCUT2D eigenvalue weighted by atomic mass is 79.9. The molecular formula is C14H23BrN2O2. The lowest BCUT2D eigenvalue weighted by Crippen LogP contribution is -2.46. The Labute approximate surface area is 123 Å². The van der Waals surface area contributed by atoms with Gasteiger partial charge < -0.3 is 10.2 Å². The second-order valence-electron chi connectivity index (χ2n) is 5.98. The van der Waals surface area contributed by atoms with Gasteiger partial charge in [0.1, 0.15) is 0 Å². The average molecular weight is 331 g/mol. The molecule has 0 aliphatic heterocycles. The van der Waals surface area contributed by atoms with Gasteiger partial charge in [0.25, 0.3) is 0 Å². The van der Waals surface area contributed by atoms with E-state index in [4.69, 9.17) is 0 Å². The third-order valence-electron chi connectivity index (χ3n) is 4.41. The monoisotopic (exact) mass is 330 g/mol. The maximum atomic E-state index is 10.6. The third-order valence-corrected chi connectivity index (χ3v) is 5.44. The highest BCUT2D eigenvalue weighted by Gasteiger charge is 2.39. The lowest BCUT2D eigenvalue weighted by Gasteiger charge is -2.38. The molecule has 0 spiro atoms. The van der Waals surface area contributed by atoms with Crippen LogP contribution in [0.4, 0.5) is 0 Å². The first kappa shape index (κ1) is 15.0. The molecule has 2 N–H and O–H groups in total. The van der Waals surface area contributed by atoms with E-state index in [0.717, 1.165) is 28.7 Å². The van der Waals surface area contributed by atoms with Gasteiger partial charge >= 0.3 is 0 Å². The predicted molar refractivity (Wildman–Crippen MR) is 77.9 cm³/mol. The largest absolute Gasteiger partial charge is 0.390 e. The summed E-state index contributed by atoms with van der Waals surface area (Å²) in [5.74, 6) is 0.651. The molecule has 108 valence electrons. The quantitative estimate of drug-likeness (QED) is 0.894. The number of aliphatic hydroxyl groups excluding tert-OH is 1. The molecule has 1 aliphatic rings. The van der Waals surface area contributed by atoms with Crippen molar-refractivity contribution in [2.24, 2.45) is 13.0 Å². The third kappa shape index (κ3) is 3.03. The molecule has 1 aliphatic carbocycles. The predicted octanol–water partition coefficient (Wildman–Crippen LogP) is 2.34. The van der Waals surface area contributed by atoms with E-state index in [-0.39, 0.29) is 0 Å². The van der Waals surface area contributed by atoms with Crippen LogP contribution in [0, 0.1) is 12.8 Å². The van der Waals surface area contributed by atoms with Gasteiger partial charge in [-0.15, -0.1) is 0 Å². The second kappa shape index (κ2) is 5.54. The molecule has 0 radical (unpaired) electrons. The average Bonchev–Trinajstić information content (AvgIpc) is 2.60. The number of halogens is 1. The van der Waals surface area contributed by atoms with Gasteiger partial charge in [0.15, 0.2) is 0 Å². The summed E-state index contributed by atoms with van der Waals surface area (Å²) in [4.78, 5) is 0. The highest BCUT2D eigenvalue weighted by Crippen LogP contribution is 2.36. The first-order valence-corrected chi connectivity index (χ1v) is 7.71. The molecule has 0 amide bonds. The lowest BCUT2D eigenvalue weighted by molar-refractivity contribution is -0.103. The van der Waals surface area contributed by atoms with E-state index in [9.17, 15) is 10.2 Å². The van der Waals surface area contributed by atoms with E-state index >= 15 is 0 Å². The van der Waals surface area contributed by atoms with Crippen molar-refractivity contribution in [2.45, 2.75) is 57.7 Å². The van der Waals surface area contributed by atoms with Crippen molar-refractivity contribution in [1.82, 2.24) is 9.78 Å². The van der Waals surface area contributed by atoms with Crippen molar-refractivity contribution in [2.75, 3.05) is 0 Å². The maximum absolute atomic E-state index is 10.6. The molecule has 1 fully saturated rings. The van der Waals surface area contributed by atoms with Crippen LogP contribution >= 0.6 is 15.9 Å². The van der Waals surface area contributed by atoms with Crippen LogP contribution in [0.3, 0.4) is 0 Å². The van der Waals surface area contributed by atoms with Crippen molar-refractivity contribution < 1.29 is 10.2 Å². The van der Waals surface area contributed by atoms with Crippen molar-refractivity contribution in [3.63, 3.8) is 0 Å². The minimum Gasteiger partial charge on any atom is -0.390 e. The van der Waals surface area contributed by atoms with Crippen LogP contribution in [0.15, 0.2) is 4.47 Å². The van der Waals surface area contributed by atoms with Crippen LogP contribution in [0.5, 0.6) is 0 Å². The minimum absolute atomic E-state index is 0.433. The summed E-state index contributed by atoms with van der Waals surface area (Å²) in [6, 6.07) is 0. The number of hydrogen-bond donors (Lipinski definition) is 2. The fraction of sp³-hybridized carbons (Fsp3) is 0.786. The fourth-order valence-electron chi connectivity index (χ4n) is 2.87. The molecule has 2 rings (SSSR count). The Kier molecular flexibility index (Phi) is 4.38. The normalized spacial score (nSPS) is 29.5. The molecule has 1 heterocycles. The SMILES string of the molecule is Cc1nn(C)c(CC(O)C2(O)CCC(C)CC2)c1Br. The van der Waals surface area contributed by atoms with E-state index in [1.165, 1.54) is 0 Å². The molecular weight excluding hydrogens is 308 g/mol. The van der Waals surface area contributed by atoms with Crippen LogP contribution in [-0.4, -0.2) is 31.7 Å². The molecule has 0 aromatic carbocycles. The van der Waals surface area contributed by atoms with E-state index < -0.39 is 11.7 Å². The van der Waals surface area contributed by atoms with E-state index in [2.05, 4.69) is 28.0 Å². The minimum atomic E-state index is -0.940. The summed E-state index contributed by atoms with van der Waals surface area (Å²) < 4.78 is 2.71. The Bertz CT molecular complexity index is 451. The Balaban J connectivity index is 2.10. The number of hydrogen-bond acceptors (Lipinski definition) is 3. The second-order valence-corrected chi connectivity index (χ2v) is 6.77. The van der Waals surface area contributed by atoms with Gasteiger partial charge in [0.05, 0.1) is 27.6 Å². The van der Waals surface area contributed by atoms with Gasteiger partial charge in [-0.2, -0.15) is 5.10 Å². The molecule has 1 saturated carbocycles. The zero-order valence-corrected chi connectivity index (χ0v) is 13.4. The zero-order chi connectivity index (χ0) is 14.2. The Hall–Kier alpha value is -0.390. The number of aromatic nitrogens is 2. The van der Waals surface area contributed by atoms with Crippen molar-refractivity contribution >= 4 is 15.9 Å². The summed E-state index contributed by atoms with van der Waals surface area (Å²) in [6.07, 6.45) is 3.04. The van der Waals surface area contributed by atoms with E-state index in [1.54, 1.807) is 4.68 Å². The summed E-state index contributed by atoms with van der Waals surface area (Å²) in [5.41, 5.74) is 0.912. The summed E-state index contributed by atoms with van der Waals surface area (Å²) >= 11 is 3.50. The Morgan fingerprint density at radius 2 is 2.05 bits per heavy atom. The molecule has 5 heteroatoms. The van der Waals surface area contributed by atoms with Gasteiger partial charge in [0.2, 0.25) is 0 Å². The summed E-state index contributed by atoms with van der Waals surface area (Å²) in [6.45, 7) is 4.13. The van der Waals surface area contributed by atoms with Crippen molar-refractivity contribution in [1.29, 1.82) is 0 Å². The lowest BCUT2D eigenvalue weighted by atomic mass is 9.75. The number of rotatable bonds is 3. The molecule has 19 heavy (non-hydrogen) atoms. The number of aryl methyl sites for hydroxylation is 2. The van der Waals surface area contributed by atoms with Gasteiger partial charge in [-0.3, -0.25) is 4.68 Å². The molecule has 1 aromatic heterocycles. The van der Waals surface area contributed by atoms with Crippen LogP contribution in [0.1, 0.15) is 44.0 Å². The summed E-state index contributed by atoms with van der Waals surface area (Å²) in [5, 5.41) is 25.4. The first-order chi connectivity index (χ1) is 8.83. The van der Waals surface area contributed by atoms with Crippen molar-refractivity contribution in [3.8, 4) is 0 Å². The van der Waals surface area contributed by atoms with Crippen LogP contribution in [-0.2, 0) is 13.5 Å². The maximum Gasteiger partial charge on any atom is 0.0909 e. The molecule has 0 saturated heterocycles. The topological polar surface area (TPSA) is 58.3 Å². The highest BCUT2D eigenvalue weighted by molar-refractivity contribution is 9.10. The first-order valence-electron chi connectivity index (χ1n) is 6.92. The van der Waals surface area contributed by atoms with Crippen LogP contribution < -0.4 is 0 Å². The number of nitrogens with zero attached hydrogens (tertiary/aromatic N) is 2. The van der Waals surface area contributed by atoms with Gasteiger partial charge in [0, 0.05) is 13.5 Å². The molecule has 1 unspecified atom stereocenters. The Morgan fingerprint density at radius 1 is 1.47 bits per heavy atom. The molecule has 1 atom stereocenters. The van der Waals surface area contributed by atoms with E-state index in [0.29, 0.717) is 25.2 Å². The van der Waals surface area contributed by atoms with E-state index in [1.807, 2.05) is 14.0 Å². The molecule has 0 bridgehead atoms. The van der Waals surface area contributed by atoms with Gasteiger partial charge in [-0.05, 0) is 54.5 Å². The van der Waals surface area contributed by atoms with Crippen LogP contribution in [0.2, 0.25) is 0 Å².